The van der Waals surface area contributed by atoms with Crippen molar-refractivity contribution in [1.82, 2.24) is 0 Å². The first-order valence-electron chi connectivity index (χ1n) is 6.09. The van der Waals surface area contributed by atoms with E-state index in [0.717, 1.165) is 17.5 Å². The van der Waals surface area contributed by atoms with Gasteiger partial charge >= 0.3 is 0 Å². The molecule has 1 heteroatoms. The summed E-state index contributed by atoms with van der Waals surface area (Å²) in [5, 5.41) is 0. The Morgan fingerprint density at radius 1 is 1.00 bits per heavy atom. The summed E-state index contributed by atoms with van der Waals surface area (Å²) in [4.78, 5) is 12.0. The van der Waals surface area contributed by atoms with Gasteiger partial charge in [-0.1, -0.05) is 67.3 Å². The number of hydrogen-bond donors (Lipinski definition) is 0. The zero-order chi connectivity index (χ0) is 12.8. The largest absolute Gasteiger partial charge is 0.294 e. The second-order valence-corrected chi connectivity index (χ2v) is 4.23. The third-order valence-corrected chi connectivity index (χ3v) is 2.95. The average Bonchev–Trinajstić information content (AvgIpc) is 2.46. The first kappa shape index (κ1) is 12.3. The molecule has 0 atom stereocenters. The van der Waals surface area contributed by atoms with Crippen LogP contribution in [-0.4, -0.2) is 5.78 Å². The van der Waals surface area contributed by atoms with Gasteiger partial charge in [0.05, 0.1) is 0 Å². The van der Waals surface area contributed by atoms with Crippen LogP contribution in [0.2, 0.25) is 0 Å². The van der Waals surface area contributed by atoms with E-state index in [1.165, 1.54) is 5.56 Å². The van der Waals surface area contributed by atoms with E-state index in [2.05, 4.69) is 6.58 Å². The van der Waals surface area contributed by atoms with Crippen molar-refractivity contribution in [1.29, 1.82) is 0 Å². The van der Waals surface area contributed by atoms with Crippen molar-refractivity contribution in [3.8, 4) is 0 Å². The molecule has 0 heterocycles. The molecule has 2 rings (SSSR count). The van der Waals surface area contributed by atoms with Crippen LogP contribution in [0.1, 0.15) is 27.9 Å². The number of hydrogen-bond acceptors (Lipinski definition) is 1. The molecule has 0 aliphatic heterocycles. The van der Waals surface area contributed by atoms with Crippen molar-refractivity contribution in [2.45, 2.75) is 12.8 Å². The van der Waals surface area contributed by atoms with Crippen molar-refractivity contribution >= 4 is 11.9 Å². The summed E-state index contributed by atoms with van der Waals surface area (Å²) in [6.45, 7) is 3.70. The van der Waals surface area contributed by atoms with Gasteiger partial charge in [-0.2, -0.15) is 0 Å². The first-order valence-corrected chi connectivity index (χ1v) is 6.09. The third kappa shape index (κ3) is 3.17. The highest BCUT2D eigenvalue weighted by Crippen LogP contribution is 2.10. The monoisotopic (exact) mass is 236 g/mol. The molecule has 0 amide bonds. The van der Waals surface area contributed by atoms with Crippen molar-refractivity contribution in [3.63, 3.8) is 0 Å². The second-order valence-electron chi connectivity index (χ2n) is 4.23. The van der Waals surface area contributed by atoms with Crippen LogP contribution in [0, 0.1) is 0 Å². The molecule has 0 aliphatic carbocycles. The van der Waals surface area contributed by atoms with Gasteiger partial charge in [-0.3, -0.25) is 4.79 Å². The SMILES string of the molecule is C=Cc1ccc(C(=O)CCc2ccccc2)cc1. The topological polar surface area (TPSA) is 17.1 Å². The minimum absolute atomic E-state index is 0.189. The first-order chi connectivity index (χ1) is 8.79. The van der Waals surface area contributed by atoms with Gasteiger partial charge in [-0.25, -0.2) is 0 Å². The van der Waals surface area contributed by atoms with Crippen molar-refractivity contribution in [2.75, 3.05) is 0 Å². The summed E-state index contributed by atoms with van der Waals surface area (Å²) >= 11 is 0. The standard InChI is InChI=1S/C17H16O/c1-2-14-8-11-16(12-9-14)17(18)13-10-15-6-4-3-5-7-15/h2-9,11-12H,1,10,13H2. The Hall–Kier alpha value is -2.15. The Morgan fingerprint density at radius 2 is 1.67 bits per heavy atom. The van der Waals surface area contributed by atoms with Gasteiger partial charge in [0, 0.05) is 12.0 Å². The normalized spacial score (nSPS) is 10.0. The Labute approximate surface area is 108 Å². The highest BCUT2D eigenvalue weighted by Gasteiger charge is 2.05. The second kappa shape index (κ2) is 5.97. The molecule has 2 aromatic rings. The molecule has 0 saturated carbocycles. The molecule has 0 aromatic heterocycles. The van der Waals surface area contributed by atoms with E-state index in [0.29, 0.717) is 6.42 Å². The quantitative estimate of drug-likeness (QED) is 0.713. The van der Waals surface area contributed by atoms with Crippen LogP contribution in [-0.2, 0) is 6.42 Å². The van der Waals surface area contributed by atoms with Gasteiger partial charge in [0.15, 0.2) is 5.78 Å². The summed E-state index contributed by atoms with van der Waals surface area (Å²) in [7, 11) is 0. The predicted octanol–water partition coefficient (Wildman–Crippen LogP) is 4.15. The Morgan fingerprint density at radius 3 is 2.28 bits per heavy atom. The minimum Gasteiger partial charge on any atom is -0.294 e. The van der Waals surface area contributed by atoms with Gasteiger partial charge in [0.2, 0.25) is 0 Å². The van der Waals surface area contributed by atoms with Gasteiger partial charge < -0.3 is 0 Å². The summed E-state index contributed by atoms with van der Waals surface area (Å²) in [6.07, 6.45) is 3.12. The summed E-state index contributed by atoms with van der Waals surface area (Å²) < 4.78 is 0. The fourth-order valence-corrected chi connectivity index (χ4v) is 1.85. The lowest BCUT2D eigenvalue weighted by Crippen LogP contribution is -2.01. The molecule has 0 fully saturated rings. The summed E-state index contributed by atoms with van der Waals surface area (Å²) in [5.74, 6) is 0.189. The molecule has 0 saturated heterocycles. The molecule has 0 aliphatic rings. The molecule has 18 heavy (non-hydrogen) atoms. The molecule has 0 spiro atoms. The molecule has 0 bridgehead atoms. The molecule has 2 aromatic carbocycles. The number of benzene rings is 2. The fraction of sp³-hybridized carbons (Fsp3) is 0.118. The maximum atomic E-state index is 12.0. The van der Waals surface area contributed by atoms with Crippen LogP contribution < -0.4 is 0 Å². The van der Waals surface area contributed by atoms with Crippen LogP contribution in [0.4, 0.5) is 0 Å². The number of rotatable bonds is 5. The van der Waals surface area contributed by atoms with Crippen LogP contribution in [0.5, 0.6) is 0 Å². The predicted molar refractivity (Wildman–Crippen MR) is 75.6 cm³/mol. The van der Waals surface area contributed by atoms with E-state index in [4.69, 9.17) is 0 Å². The molecule has 0 unspecified atom stereocenters. The molecule has 0 radical (unpaired) electrons. The Bertz CT molecular complexity index is 523. The molecule has 1 nitrogen and oxygen atoms in total. The van der Waals surface area contributed by atoms with Crippen molar-refractivity contribution in [2.24, 2.45) is 0 Å². The van der Waals surface area contributed by atoms with Gasteiger partial charge in [0.25, 0.3) is 0 Å². The summed E-state index contributed by atoms with van der Waals surface area (Å²) in [5.41, 5.74) is 3.01. The van der Waals surface area contributed by atoms with E-state index in [1.54, 1.807) is 6.08 Å². The van der Waals surface area contributed by atoms with Crippen LogP contribution >= 0.6 is 0 Å². The Kier molecular flexibility index (Phi) is 4.08. The number of carbonyl (C=O) groups is 1. The smallest absolute Gasteiger partial charge is 0.163 e. The molecular formula is C17H16O. The van der Waals surface area contributed by atoms with Crippen LogP contribution in [0.25, 0.3) is 6.08 Å². The number of carbonyl (C=O) groups excluding carboxylic acids is 1. The maximum Gasteiger partial charge on any atom is 0.163 e. The molecule has 90 valence electrons. The summed E-state index contributed by atoms with van der Waals surface area (Å²) in [6, 6.07) is 17.7. The van der Waals surface area contributed by atoms with Crippen molar-refractivity contribution < 1.29 is 4.79 Å². The van der Waals surface area contributed by atoms with E-state index in [9.17, 15) is 4.79 Å². The lowest BCUT2D eigenvalue weighted by Gasteiger charge is -2.02. The number of ketones is 1. The lowest BCUT2D eigenvalue weighted by atomic mass is 10.0. The minimum atomic E-state index is 0.189. The zero-order valence-electron chi connectivity index (χ0n) is 10.3. The van der Waals surface area contributed by atoms with Crippen LogP contribution in [0.15, 0.2) is 61.2 Å². The van der Waals surface area contributed by atoms with Gasteiger partial charge in [0.1, 0.15) is 0 Å². The Balaban J connectivity index is 1.97. The van der Waals surface area contributed by atoms with E-state index >= 15 is 0 Å². The lowest BCUT2D eigenvalue weighted by molar-refractivity contribution is 0.0983. The molecular weight excluding hydrogens is 220 g/mol. The maximum absolute atomic E-state index is 12.0. The highest BCUT2D eigenvalue weighted by molar-refractivity contribution is 5.96. The highest BCUT2D eigenvalue weighted by atomic mass is 16.1. The average molecular weight is 236 g/mol. The van der Waals surface area contributed by atoms with Crippen LogP contribution in [0.3, 0.4) is 0 Å². The number of aryl methyl sites for hydroxylation is 1. The number of Topliss-reactive ketones (excluding diaryl/α,β-unsaturated/α-hetero) is 1. The fourth-order valence-electron chi connectivity index (χ4n) is 1.85. The van der Waals surface area contributed by atoms with Gasteiger partial charge in [-0.15, -0.1) is 0 Å². The van der Waals surface area contributed by atoms with Crippen molar-refractivity contribution in [3.05, 3.63) is 77.9 Å². The molecule has 0 N–H and O–H groups in total. The zero-order valence-corrected chi connectivity index (χ0v) is 10.3. The van der Waals surface area contributed by atoms with E-state index < -0.39 is 0 Å². The van der Waals surface area contributed by atoms with E-state index in [-0.39, 0.29) is 5.78 Å². The third-order valence-electron chi connectivity index (χ3n) is 2.95. The van der Waals surface area contributed by atoms with E-state index in [1.807, 2.05) is 54.6 Å². The van der Waals surface area contributed by atoms with Gasteiger partial charge in [-0.05, 0) is 17.5 Å².